The van der Waals surface area contributed by atoms with Gasteiger partial charge in [-0.05, 0) is 30.3 Å². The second kappa shape index (κ2) is 6.21. The van der Waals surface area contributed by atoms with Crippen LogP contribution in [0.2, 0.25) is 0 Å². The quantitative estimate of drug-likeness (QED) is 0.531. The average molecular weight is 346 g/mol. The van der Waals surface area contributed by atoms with Crippen molar-refractivity contribution in [1.82, 2.24) is 14.8 Å². The highest BCUT2D eigenvalue weighted by Gasteiger charge is 2.13. The highest BCUT2D eigenvalue weighted by molar-refractivity contribution is 6.07. The van der Waals surface area contributed by atoms with Crippen molar-refractivity contribution in [2.75, 3.05) is 5.32 Å². The molecule has 0 fully saturated rings. The topological polar surface area (TPSA) is 100 Å². The molecule has 7 nitrogen and oxygen atoms in total. The second-order valence-electron chi connectivity index (χ2n) is 5.72. The van der Waals surface area contributed by atoms with E-state index >= 15 is 0 Å². The largest absolute Gasteiger partial charge is 0.508 e. The lowest BCUT2D eigenvalue weighted by Gasteiger charge is -2.08. The van der Waals surface area contributed by atoms with Gasteiger partial charge in [0.2, 0.25) is 0 Å². The van der Waals surface area contributed by atoms with Crippen LogP contribution in [-0.4, -0.2) is 25.8 Å². The lowest BCUT2D eigenvalue weighted by atomic mass is 10.2. The molecule has 26 heavy (non-hydrogen) atoms. The number of amides is 1. The molecule has 0 bridgehead atoms. The third-order valence-corrected chi connectivity index (χ3v) is 3.99. The standard InChI is InChI=1S/C19H14N4O3/c24-14-7-8-15-16(10-14)21-22-18(15)20-19(26)12-6-9-17(25)23(11-12)13-4-2-1-3-5-13/h1-11,24H,(H2,20,21,22,26). The first-order chi connectivity index (χ1) is 12.6. The second-order valence-corrected chi connectivity index (χ2v) is 5.72. The number of aromatic amines is 1. The van der Waals surface area contributed by atoms with Gasteiger partial charge in [-0.25, -0.2) is 0 Å². The third kappa shape index (κ3) is 2.82. The Bertz CT molecular complexity index is 1160. The van der Waals surface area contributed by atoms with E-state index in [2.05, 4.69) is 15.5 Å². The predicted molar refractivity (Wildman–Crippen MR) is 97.8 cm³/mol. The molecule has 0 aliphatic rings. The number of hydrogen-bond donors (Lipinski definition) is 3. The summed E-state index contributed by atoms with van der Waals surface area (Å²) in [7, 11) is 0. The van der Waals surface area contributed by atoms with Crippen LogP contribution in [0.15, 0.2) is 71.7 Å². The summed E-state index contributed by atoms with van der Waals surface area (Å²) in [5.41, 5.74) is 1.37. The Balaban J connectivity index is 1.67. The number of carbonyl (C=O) groups is 1. The maximum absolute atomic E-state index is 12.6. The van der Waals surface area contributed by atoms with Crippen LogP contribution in [0.25, 0.3) is 16.6 Å². The number of rotatable bonds is 3. The molecule has 4 aromatic rings. The number of fused-ring (bicyclic) bond motifs is 1. The molecule has 1 amide bonds. The molecule has 128 valence electrons. The first-order valence-corrected chi connectivity index (χ1v) is 7.88. The van der Waals surface area contributed by atoms with Crippen molar-refractivity contribution >= 4 is 22.6 Å². The van der Waals surface area contributed by atoms with Crippen LogP contribution in [0.1, 0.15) is 10.4 Å². The minimum absolute atomic E-state index is 0.106. The van der Waals surface area contributed by atoms with Crippen LogP contribution in [0.4, 0.5) is 5.82 Å². The third-order valence-electron chi connectivity index (χ3n) is 3.99. The van der Waals surface area contributed by atoms with Gasteiger partial charge in [0, 0.05) is 29.4 Å². The van der Waals surface area contributed by atoms with E-state index in [-0.39, 0.29) is 11.3 Å². The maximum atomic E-state index is 12.6. The summed E-state index contributed by atoms with van der Waals surface area (Å²) < 4.78 is 1.41. The number of carbonyl (C=O) groups excluding carboxylic acids is 1. The van der Waals surface area contributed by atoms with Crippen molar-refractivity contribution in [2.45, 2.75) is 0 Å². The molecule has 0 radical (unpaired) electrons. The van der Waals surface area contributed by atoms with Crippen molar-refractivity contribution < 1.29 is 9.90 Å². The van der Waals surface area contributed by atoms with Crippen LogP contribution in [0, 0.1) is 0 Å². The van der Waals surface area contributed by atoms with Crippen LogP contribution in [-0.2, 0) is 0 Å². The number of hydrogen-bond acceptors (Lipinski definition) is 4. The number of aromatic hydroxyl groups is 1. The zero-order valence-electron chi connectivity index (χ0n) is 13.5. The zero-order chi connectivity index (χ0) is 18.1. The van der Waals surface area contributed by atoms with Crippen molar-refractivity contribution in [3.63, 3.8) is 0 Å². The van der Waals surface area contributed by atoms with Gasteiger partial charge in [-0.2, -0.15) is 5.10 Å². The van der Waals surface area contributed by atoms with Gasteiger partial charge < -0.3 is 10.4 Å². The number of anilines is 1. The number of aromatic nitrogens is 3. The monoisotopic (exact) mass is 346 g/mol. The number of pyridine rings is 1. The van der Waals surface area contributed by atoms with Crippen LogP contribution in [0.3, 0.4) is 0 Å². The Morgan fingerprint density at radius 2 is 1.88 bits per heavy atom. The van der Waals surface area contributed by atoms with Gasteiger partial charge in [0.25, 0.3) is 11.5 Å². The first-order valence-electron chi connectivity index (χ1n) is 7.88. The molecule has 0 saturated heterocycles. The molecule has 0 aliphatic heterocycles. The van der Waals surface area contributed by atoms with Gasteiger partial charge in [0.15, 0.2) is 5.82 Å². The molecule has 4 rings (SSSR count). The van der Waals surface area contributed by atoms with Gasteiger partial charge in [-0.3, -0.25) is 19.3 Å². The van der Waals surface area contributed by atoms with Crippen molar-refractivity contribution in [1.29, 1.82) is 0 Å². The Morgan fingerprint density at radius 3 is 2.69 bits per heavy atom. The van der Waals surface area contributed by atoms with E-state index in [9.17, 15) is 14.7 Å². The minimum Gasteiger partial charge on any atom is -0.508 e. The van der Waals surface area contributed by atoms with Gasteiger partial charge in [-0.15, -0.1) is 0 Å². The smallest absolute Gasteiger partial charge is 0.258 e. The van der Waals surface area contributed by atoms with Crippen molar-refractivity contribution in [3.05, 3.63) is 82.8 Å². The molecule has 0 saturated carbocycles. The maximum Gasteiger partial charge on any atom is 0.258 e. The number of H-pyrrole nitrogens is 1. The van der Waals surface area contributed by atoms with Gasteiger partial charge in [0.1, 0.15) is 5.75 Å². The van der Waals surface area contributed by atoms with Gasteiger partial charge >= 0.3 is 0 Å². The average Bonchev–Trinajstić information content (AvgIpc) is 3.04. The molecular weight excluding hydrogens is 332 g/mol. The number of phenols is 1. The summed E-state index contributed by atoms with van der Waals surface area (Å²) in [5, 5.41) is 19.7. The fourth-order valence-electron chi connectivity index (χ4n) is 2.69. The lowest BCUT2D eigenvalue weighted by molar-refractivity contribution is 0.102. The number of nitrogens with zero attached hydrogens (tertiary/aromatic N) is 2. The van der Waals surface area contributed by atoms with Crippen molar-refractivity contribution in [2.24, 2.45) is 0 Å². The molecular formula is C19H14N4O3. The fraction of sp³-hybridized carbons (Fsp3) is 0. The summed E-state index contributed by atoms with van der Waals surface area (Å²) in [6, 6.07) is 16.6. The summed E-state index contributed by atoms with van der Waals surface area (Å²) in [6.07, 6.45) is 1.49. The van der Waals surface area contributed by atoms with Crippen molar-refractivity contribution in [3.8, 4) is 11.4 Å². The predicted octanol–water partition coefficient (Wildman–Crippen LogP) is 2.67. The summed E-state index contributed by atoms with van der Waals surface area (Å²) in [6.45, 7) is 0. The Kier molecular flexibility index (Phi) is 3.74. The molecule has 3 N–H and O–H groups in total. The molecule has 0 aliphatic carbocycles. The summed E-state index contributed by atoms with van der Waals surface area (Å²) in [4.78, 5) is 24.7. The fourth-order valence-corrected chi connectivity index (χ4v) is 2.69. The summed E-state index contributed by atoms with van der Waals surface area (Å²) in [5.74, 6) is 0.0626. The summed E-state index contributed by atoms with van der Waals surface area (Å²) >= 11 is 0. The van der Waals surface area contributed by atoms with Crippen LogP contribution < -0.4 is 10.9 Å². The lowest BCUT2D eigenvalue weighted by Crippen LogP contribution is -2.20. The molecule has 2 heterocycles. The number of phenolic OH excluding ortho intramolecular Hbond substituents is 1. The molecule has 0 atom stereocenters. The van der Waals surface area contributed by atoms with E-state index in [0.29, 0.717) is 28.0 Å². The highest BCUT2D eigenvalue weighted by Crippen LogP contribution is 2.24. The Labute approximate surface area is 147 Å². The SMILES string of the molecule is O=C(Nc1n[nH]c2cc(O)ccc12)c1ccc(=O)n(-c2ccccc2)c1. The number of para-hydroxylation sites is 1. The van der Waals surface area contributed by atoms with E-state index in [1.807, 2.05) is 18.2 Å². The van der Waals surface area contributed by atoms with Gasteiger partial charge in [0.05, 0.1) is 11.1 Å². The Morgan fingerprint density at radius 1 is 1.08 bits per heavy atom. The van der Waals surface area contributed by atoms with Crippen LogP contribution >= 0.6 is 0 Å². The van der Waals surface area contributed by atoms with Crippen LogP contribution in [0.5, 0.6) is 5.75 Å². The van der Waals surface area contributed by atoms with E-state index < -0.39 is 5.91 Å². The van der Waals surface area contributed by atoms with Gasteiger partial charge in [-0.1, -0.05) is 18.2 Å². The number of nitrogens with one attached hydrogen (secondary N) is 2. The first kappa shape index (κ1) is 15.6. The molecule has 2 aromatic carbocycles. The molecule has 2 aromatic heterocycles. The molecule has 0 unspecified atom stereocenters. The highest BCUT2D eigenvalue weighted by atomic mass is 16.3. The molecule has 7 heteroatoms. The normalized spacial score (nSPS) is 10.8. The van der Waals surface area contributed by atoms with E-state index in [4.69, 9.17) is 0 Å². The number of benzene rings is 2. The molecule has 0 spiro atoms. The van der Waals surface area contributed by atoms with E-state index in [0.717, 1.165) is 0 Å². The minimum atomic E-state index is -0.392. The Hall–Kier alpha value is -3.87. The van der Waals surface area contributed by atoms with E-state index in [1.54, 1.807) is 18.2 Å². The zero-order valence-corrected chi connectivity index (χ0v) is 13.5. The van der Waals surface area contributed by atoms with E-state index in [1.165, 1.54) is 35.0 Å².